The summed E-state index contributed by atoms with van der Waals surface area (Å²) >= 11 is 1.09. The van der Waals surface area contributed by atoms with E-state index >= 15 is 0 Å². The highest BCUT2D eigenvalue weighted by atomic mass is 32.2. The first-order chi connectivity index (χ1) is 11.0. The largest absolute Gasteiger partial charge is 0.481 e. The topological polar surface area (TPSA) is 88.0 Å². The Balaban J connectivity index is 2.35. The number of nitrogens with zero attached hydrogens (tertiary/aromatic N) is 1. The first-order valence-corrected chi connectivity index (χ1v) is 8.13. The molecule has 0 radical (unpaired) electrons. The highest BCUT2D eigenvalue weighted by Crippen LogP contribution is 2.32. The number of carboxylic acid groups (broad SMARTS) is 1. The number of hydrogen-bond donors (Lipinski definition) is 2. The number of carbonyl (C=O) groups is 2. The third kappa shape index (κ3) is 4.35. The van der Waals surface area contributed by atoms with Crippen LogP contribution in [0.15, 0.2) is 46.6 Å². The van der Waals surface area contributed by atoms with E-state index in [0.717, 1.165) is 17.3 Å². The molecule has 2 N–H and O–H groups in total. The van der Waals surface area contributed by atoms with Crippen LogP contribution < -0.4 is 5.32 Å². The number of aliphatic imine (C=N–C) groups is 1. The van der Waals surface area contributed by atoms with E-state index in [1.807, 2.05) is 30.3 Å². The number of esters is 1. The molecule has 1 aromatic carbocycles. The summed E-state index contributed by atoms with van der Waals surface area (Å²) < 4.78 is 5.13. The molecule has 0 aromatic heterocycles. The zero-order valence-electron chi connectivity index (χ0n) is 12.9. The van der Waals surface area contributed by atoms with Crippen molar-refractivity contribution in [2.24, 2.45) is 4.99 Å². The van der Waals surface area contributed by atoms with Gasteiger partial charge in [-0.25, -0.2) is 9.79 Å². The van der Waals surface area contributed by atoms with Crippen molar-refractivity contribution in [1.29, 1.82) is 0 Å². The number of carboxylic acids is 1. The molecule has 0 aliphatic carbocycles. The van der Waals surface area contributed by atoms with Gasteiger partial charge in [0, 0.05) is 5.70 Å². The summed E-state index contributed by atoms with van der Waals surface area (Å²) in [7, 11) is 0. The summed E-state index contributed by atoms with van der Waals surface area (Å²) in [6, 6.07) is 8.88. The fourth-order valence-corrected chi connectivity index (χ4v) is 2.87. The van der Waals surface area contributed by atoms with Gasteiger partial charge in [-0.1, -0.05) is 42.1 Å². The lowest BCUT2D eigenvalue weighted by Crippen LogP contribution is -2.31. The molecule has 0 unspecified atom stereocenters. The van der Waals surface area contributed by atoms with Gasteiger partial charge >= 0.3 is 11.9 Å². The third-order valence-electron chi connectivity index (χ3n) is 3.16. The molecule has 7 heteroatoms. The van der Waals surface area contributed by atoms with Gasteiger partial charge in [0.1, 0.15) is 6.04 Å². The van der Waals surface area contributed by atoms with Gasteiger partial charge < -0.3 is 15.2 Å². The van der Waals surface area contributed by atoms with E-state index in [1.54, 1.807) is 13.8 Å². The van der Waals surface area contributed by atoms with Crippen molar-refractivity contribution in [2.45, 2.75) is 19.9 Å². The number of allylic oxidation sites excluding steroid dienone is 1. The lowest BCUT2D eigenvalue weighted by molar-refractivity contribution is -0.139. The summed E-state index contributed by atoms with van der Waals surface area (Å²) in [5, 5.41) is 12.3. The predicted molar refractivity (Wildman–Crippen MR) is 89.2 cm³/mol. The number of amidine groups is 1. The SMILES string of the molecule is CCOC(=O)C1=C(C)NC(SCC(=O)O)=N[C@H]1c1ccccc1. The van der Waals surface area contributed by atoms with Crippen LogP contribution in [-0.4, -0.2) is 34.6 Å². The maximum absolute atomic E-state index is 12.3. The molecule has 23 heavy (non-hydrogen) atoms. The van der Waals surface area contributed by atoms with Gasteiger partial charge in [0.15, 0.2) is 5.17 Å². The van der Waals surface area contributed by atoms with Crippen molar-refractivity contribution in [3.8, 4) is 0 Å². The van der Waals surface area contributed by atoms with Gasteiger partial charge in [-0.2, -0.15) is 0 Å². The fraction of sp³-hybridized carbons (Fsp3) is 0.312. The summed E-state index contributed by atoms with van der Waals surface area (Å²) in [6.45, 7) is 3.79. The first-order valence-electron chi connectivity index (χ1n) is 7.15. The van der Waals surface area contributed by atoms with Gasteiger partial charge in [0.25, 0.3) is 0 Å². The lowest BCUT2D eigenvalue weighted by Gasteiger charge is -2.25. The van der Waals surface area contributed by atoms with Crippen molar-refractivity contribution in [3.05, 3.63) is 47.2 Å². The number of rotatable bonds is 5. The molecule has 1 atom stereocenters. The van der Waals surface area contributed by atoms with Crippen LogP contribution in [0.5, 0.6) is 0 Å². The molecule has 2 rings (SSSR count). The zero-order valence-corrected chi connectivity index (χ0v) is 13.7. The van der Waals surface area contributed by atoms with E-state index in [2.05, 4.69) is 10.3 Å². The average molecular weight is 334 g/mol. The molecule has 122 valence electrons. The van der Waals surface area contributed by atoms with Crippen molar-refractivity contribution in [2.75, 3.05) is 12.4 Å². The van der Waals surface area contributed by atoms with Gasteiger partial charge in [-0.15, -0.1) is 0 Å². The number of nitrogens with one attached hydrogen (secondary N) is 1. The third-order valence-corrected chi connectivity index (χ3v) is 4.03. The van der Waals surface area contributed by atoms with E-state index in [4.69, 9.17) is 9.84 Å². The van der Waals surface area contributed by atoms with Crippen LogP contribution in [0.4, 0.5) is 0 Å². The van der Waals surface area contributed by atoms with Crippen LogP contribution in [0.3, 0.4) is 0 Å². The van der Waals surface area contributed by atoms with Crippen LogP contribution in [0.2, 0.25) is 0 Å². The Bertz CT molecular complexity index is 655. The van der Waals surface area contributed by atoms with Gasteiger partial charge in [0.2, 0.25) is 0 Å². The van der Waals surface area contributed by atoms with E-state index in [0.29, 0.717) is 16.4 Å². The van der Waals surface area contributed by atoms with Crippen LogP contribution in [0.1, 0.15) is 25.5 Å². The van der Waals surface area contributed by atoms with E-state index < -0.39 is 18.0 Å². The smallest absolute Gasteiger partial charge is 0.338 e. The van der Waals surface area contributed by atoms with E-state index in [-0.39, 0.29) is 12.4 Å². The molecule has 6 nitrogen and oxygen atoms in total. The molecule has 0 bridgehead atoms. The number of carbonyl (C=O) groups excluding carboxylic acids is 1. The second kappa shape index (κ2) is 7.82. The highest BCUT2D eigenvalue weighted by molar-refractivity contribution is 8.14. The Labute approximate surface area is 138 Å². The number of aliphatic carboxylic acids is 1. The van der Waals surface area contributed by atoms with Gasteiger partial charge in [-0.3, -0.25) is 4.79 Å². The Morgan fingerprint density at radius 2 is 2.04 bits per heavy atom. The molecular weight excluding hydrogens is 316 g/mol. The molecule has 1 aromatic rings. The molecule has 0 saturated heterocycles. The molecule has 0 fully saturated rings. The Kier molecular flexibility index (Phi) is 5.81. The molecule has 0 spiro atoms. The van der Waals surface area contributed by atoms with Crippen LogP contribution in [0, 0.1) is 0 Å². The predicted octanol–water partition coefficient (Wildman–Crippen LogP) is 2.34. The maximum Gasteiger partial charge on any atom is 0.338 e. The normalized spacial score (nSPS) is 17.3. The number of thioether (sulfide) groups is 1. The molecule has 1 heterocycles. The minimum atomic E-state index is -0.923. The Morgan fingerprint density at radius 3 is 2.65 bits per heavy atom. The molecule has 0 amide bonds. The maximum atomic E-state index is 12.3. The minimum Gasteiger partial charge on any atom is -0.481 e. The number of ether oxygens (including phenoxy) is 1. The summed E-state index contributed by atoms with van der Waals surface area (Å²) in [4.78, 5) is 27.5. The standard InChI is InChI=1S/C16H18N2O4S/c1-3-22-15(21)13-10(2)17-16(23-9-12(19)20)18-14(13)11-7-5-4-6-8-11/h4-8,14H,3,9H2,1-2H3,(H,17,18)(H,19,20)/t14-/m0/s1. The van der Waals surface area contributed by atoms with Crippen molar-refractivity contribution in [3.63, 3.8) is 0 Å². The van der Waals surface area contributed by atoms with Crippen LogP contribution in [0.25, 0.3) is 0 Å². The fourth-order valence-electron chi connectivity index (χ4n) is 2.20. The van der Waals surface area contributed by atoms with Crippen molar-refractivity contribution in [1.82, 2.24) is 5.32 Å². The molecule has 1 aliphatic heterocycles. The molecular formula is C16H18N2O4S. The second-order valence-corrected chi connectivity index (χ2v) is 5.78. The van der Waals surface area contributed by atoms with Crippen molar-refractivity contribution < 1.29 is 19.4 Å². The molecule has 1 aliphatic rings. The zero-order chi connectivity index (χ0) is 16.8. The average Bonchev–Trinajstić information content (AvgIpc) is 2.53. The van der Waals surface area contributed by atoms with E-state index in [9.17, 15) is 9.59 Å². The Hall–Kier alpha value is -2.28. The summed E-state index contributed by atoms with van der Waals surface area (Å²) in [6.07, 6.45) is 0. The second-order valence-electron chi connectivity index (χ2n) is 4.81. The first kappa shape index (κ1) is 17.1. The molecule has 0 saturated carbocycles. The highest BCUT2D eigenvalue weighted by Gasteiger charge is 2.30. The van der Waals surface area contributed by atoms with E-state index in [1.165, 1.54) is 0 Å². The van der Waals surface area contributed by atoms with Crippen molar-refractivity contribution >= 4 is 28.9 Å². The Morgan fingerprint density at radius 1 is 1.35 bits per heavy atom. The summed E-state index contributed by atoms with van der Waals surface area (Å²) in [5.74, 6) is -1.44. The monoisotopic (exact) mass is 334 g/mol. The van der Waals surface area contributed by atoms with Crippen LogP contribution >= 0.6 is 11.8 Å². The lowest BCUT2D eigenvalue weighted by atomic mass is 9.97. The number of hydrogen-bond acceptors (Lipinski definition) is 6. The quantitative estimate of drug-likeness (QED) is 0.804. The van der Waals surface area contributed by atoms with Crippen LogP contribution in [-0.2, 0) is 14.3 Å². The minimum absolute atomic E-state index is 0.102. The summed E-state index contributed by atoms with van der Waals surface area (Å²) in [5.41, 5.74) is 1.92. The van der Waals surface area contributed by atoms with Gasteiger partial charge in [-0.05, 0) is 19.4 Å². The van der Waals surface area contributed by atoms with Gasteiger partial charge in [0.05, 0.1) is 17.9 Å². The number of benzene rings is 1.